The molecule has 0 fully saturated rings. The quantitative estimate of drug-likeness (QED) is 0.856. The predicted molar refractivity (Wildman–Crippen MR) is 79.8 cm³/mol. The molecule has 0 radical (unpaired) electrons. The van der Waals surface area contributed by atoms with Gasteiger partial charge in [0.1, 0.15) is 0 Å². The van der Waals surface area contributed by atoms with E-state index in [0.29, 0.717) is 12.5 Å². The summed E-state index contributed by atoms with van der Waals surface area (Å²) >= 11 is 0. The summed E-state index contributed by atoms with van der Waals surface area (Å²) in [4.78, 5) is 13.8. The Morgan fingerprint density at radius 2 is 2.00 bits per heavy atom. The largest absolute Gasteiger partial charge is 0.337 e. The van der Waals surface area contributed by atoms with Crippen molar-refractivity contribution in [3.8, 4) is 0 Å². The van der Waals surface area contributed by atoms with E-state index in [2.05, 4.69) is 45.9 Å². The Kier molecular flexibility index (Phi) is 6.03. The van der Waals surface area contributed by atoms with Crippen molar-refractivity contribution in [2.45, 2.75) is 40.7 Å². The smallest absolute Gasteiger partial charge is 0.236 e. The molecule has 0 aromatic heterocycles. The zero-order valence-electron chi connectivity index (χ0n) is 12.6. The van der Waals surface area contributed by atoms with Crippen molar-refractivity contribution >= 4 is 5.91 Å². The Balaban J connectivity index is 2.78. The number of benzene rings is 1. The number of amides is 1. The Labute approximate surface area is 116 Å². The van der Waals surface area contributed by atoms with Gasteiger partial charge in [0.2, 0.25) is 5.91 Å². The topological polar surface area (TPSA) is 46.3 Å². The van der Waals surface area contributed by atoms with E-state index < -0.39 is 0 Å². The van der Waals surface area contributed by atoms with E-state index in [1.165, 1.54) is 16.7 Å². The molecule has 0 aliphatic carbocycles. The molecule has 0 unspecified atom stereocenters. The molecule has 0 atom stereocenters. The summed E-state index contributed by atoms with van der Waals surface area (Å²) in [6, 6.07) is 6.36. The highest BCUT2D eigenvalue weighted by molar-refractivity contribution is 5.78. The highest BCUT2D eigenvalue weighted by Crippen LogP contribution is 2.14. The molecule has 0 aliphatic heterocycles. The van der Waals surface area contributed by atoms with Gasteiger partial charge in [0.25, 0.3) is 0 Å². The van der Waals surface area contributed by atoms with Gasteiger partial charge in [0.05, 0.1) is 6.54 Å². The number of carbonyl (C=O) groups is 1. The van der Waals surface area contributed by atoms with Crippen LogP contribution in [-0.2, 0) is 11.3 Å². The maximum atomic E-state index is 11.9. The molecule has 3 heteroatoms. The molecule has 2 N–H and O–H groups in total. The normalized spacial score (nSPS) is 10.8. The van der Waals surface area contributed by atoms with Crippen LogP contribution in [0.4, 0.5) is 0 Å². The molecule has 1 aromatic carbocycles. The van der Waals surface area contributed by atoms with E-state index in [1.807, 2.05) is 4.90 Å². The van der Waals surface area contributed by atoms with Gasteiger partial charge in [-0.3, -0.25) is 4.79 Å². The first kappa shape index (κ1) is 15.7. The Morgan fingerprint density at radius 3 is 2.53 bits per heavy atom. The number of hydrogen-bond acceptors (Lipinski definition) is 2. The lowest BCUT2D eigenvalue weighted by Crippen LogP contribution is -2.36. The van der Waals surface area contributed by atoms with Gasteiger partial charge >= 0.3 is 0 Å². The van der Waals surface area contributed by atoms with Gasteiger partial charge < -0.3 is 10.6 Å². The third kappa shape index (κ3) is 5.03. The van der Waals surface area contributed by atoms with Gasteiger partial charge in [-0.2, -0.15) is 0 Å². The van der Waals surface area contributed by atoms with Crippen molar-refractivity contribution in [3.05, 3.63) is 34.9 Å². The van der Waals surface area contributed by atoms with E-state index >= 15 is 0 Å². The minimum Gasteiger partial charge on any atom is -0.337 e. The molecule has 3 nitrogen and oxygen atoms in total. The third-order valence-corrected chi connectivity index (χ3v) is 3.36. The summed E-state index contributed by atoms with van der Waals surface area (Å²) in [6.45, 7) is 10.0. The molecular formula is C16H26N2O. The van der Waals surface area contributed by atoms with E-state index in [4.69, 9.17) is 5.73 Å². The van der Waals surface area contributed by atoms with Gasteiger partial charge in [0, 0.05) is 13.1 Å². The van der Waals surface area contributed by atoms with Crippen LogP contribution in [0.25, 0.3) is 0 Å². The number of rotatable bonds is 6. The van der Waals surface area contributed by atoms with E-state index in [0.717, 1.165) is 13.0 Å². The summed E-state index contributed by atoms with van der Waals surface area (Å²) in [7, 11) is 0. The first-order chi connectivity index (χ1) is 8.93. The summed E-state index contributed by atoms with van der Waals surface area (Å²) < 4.78 is 0. The molecule has 1 rings (SSSR count). The summed E-state index contributed by atoms with van der Waals surface area (Å²) in [5, 5.41) is 0. The van der Waals surface area contributed by atoms with Crippen LogP contribution in [-0.4, -0.2) is 23.9 Å². The Morgan fingerprint density at radius 1 is 1.32 bits per heavy atom. The van der Waals surface area contributed by atoms with E-state index in [1.54, 1.807) is 0 Å². The standard InChI is InChI=1S/C16H26N2O/c1-12(2)7-8-18(16(19)10-17)11-15-6-5-13(3)9-14(15)4/h5-6,9,12H,7-8,10-11,17H2,1-4H3. The summed E-state index contributed by atoms with van der Waals surface area (Å²) in [6.07, 6.45) is 1.01. The van der Waals surface area contributed by atoms with Gasteiger partial charge in [-0.05, 0) is 37.3 Å². The number of nitrogens with two attached hydrogens (primary N) is 1. The molecular weight excluding hydrogens is 236 g/mol. The average molecular weight is 262 g/mol. The van der Waals surface area contributed by atoms with Crippen molar-refractivity contribution in [1.82, 2.24) is 4.90 Å². The van der Waals surface area contributed by atoms with E-state index in [9.17, 15) is 4.79 Å². The zero-order chi connectivity index (χ0) is 14.4. The predicted octanol–water partition coefficient (Wildman–Crippen LogP) is 2.64. The van der Waals surface area contributed by atoms with Gasteiger partial charge in [-0.25, -0.2) is 0 Å². The first-order valence-electron chi connectivity index (χ1n) is 6.98. The number of nitrogens with zero attached hydrogens (tertiary/aromatic N) is 1. The van der Waals surface area contributed by atoms with Crippen molar-refractivity contribution in [2.75, 3.05) is 13.1 Å². The molecule has 0 saturated heterocycles. The highest BCUT2D eigenvalue weighted by atomic mass is 16.2. The van der Waals surface area contributed by atoms with Gasteiger partial charge in [-0.15, -0.1) is 0 Å². The third-order valence-electron chi connectivity index (χ3n) is 3.36. The van der Waals surface area contributed by atoms with Crippen LogP contribution in [0.1, 0.15) is 37.0 Å². The van der Waals surface area contributed by atoms with Crippen LogP contribution >= 0.6 is 0 Å². The molecule has 1 amide bonds. The Bertz CT molecular complexity index is 427. The second-order valence-corrected chi connectivity index (χ2v) is 5.63. The summed E-state index contributed by atoms with van der Waals surface area (Å²) in [5.41, 5.74) is 9.19. The second-order valence-electron chi connectivity index (χ2n) is 5.63. The van der Waals surface area contributed by atoms with Crippen LogP contribution in [0.15, 0.2) is 18.2 Å². The fraction of sp³-hybridized carbons (Fsp3) is 0.562. The zero-order valence-corrected chi connectivity index (χ0v) is 12.6. The second kappa shape index (κ2) is 7.29. The van der Waals surface area contributed by atoms with Crippen molar-refractivity contribution in [3.63, 3.8) is 0 Å². The average Bonchev–Trinajstić information content (AvgIpc) is 2.35. The SMILES string of the molecule is Cc1ccc(CN(CCC(C)C)C(=O)CN)c(C)c1. The molecule has 0 bridgehead atoms. The lowest BCUT2D eigenvalue weighted by atomic mass is 10.0. The highest BCUT2D eigenvalue weighted by Gasteiger charge is 2.13. The van der Waals surface area contributed by atoms with Crippen molar-refractivity contribution < 1.29 is 4.79 Å². The first-order valence-corrected chi connectivity index (χ1v) is 6.98. The molecule has 19 heavy (non-hydrogen) atoms. The Hall–Kier alpha value is -1.35. The lowest BCUT2D eigenvalue weighted by molar-refractivity contribution is -0.130. The molecule has 0 heterocycles. The number of aryl methyl sites for hydroxylation is 2. The van der Waals surface area contributed by atoms with Crippen LogP contribution in [0.3, 0.4) is 0 Å². The summed E-state index contributed by atoms with van der Waals surface area (Å²) in [5.74, 6) is 0.618. The minimum atomic E-state index is 0.0284. The van der Waals surface area contributed by atoms with Crippen LogP contribution in [0.5, 0.6) is 0 Å². The van der Waals surface area contributed by atoms with Crippen LogP contribution in [0, 0.1) is 19.8 Å². The van der Waals surface area contributed by atoms with Crippen molar-refractivity contribution in [2.24, 2.45) is 11.7 Å². The molecule has 0 spiro atoms. The molecule has 1 aromatic rings. The van der Waals surface area contributed by atoms with Gasteiger partial charge in [-0.1, -0.05) is 37.6 Å². The maximum Gasteiger partial charge on any atom is 0.236 e. The van der Waals surface area contributed by atoms with Gasteiger partial charge in [0.15, 0.2) is 0 Å². The molecule has 106 valence electrons. The van der Waals surface area contributed by atoms with Crippen LogP contribution < -0.4 is 5.73 Å². The van der Waals surface area contributed by atoms with Crippen LogP contribution in [0.2, 0.25) is 0 Å². The fourth-order valence-electron chi connectivity index (χ4n) is 2.06. The number of hydrogen-bond donors (Lipinski definition) is 1. The maximum absolute atomic E-state index is 11.9. The number of carbonyl (C=O) groups excluding carboxylic acids is 1. The van der Waals surface area contributed by atoms with Crippen molar-refractivity contribution in [1.29, 1.82) is 0 Å². The monoisotopic (exact) mass is 262 g/mol. The lowest BCUT2D eigenvalue weighted by Gasteiger charge is -2.24. The molecule has 0 saturated carbocycles. The molecule has 0 aliphatic rings. The minimum absolute atomic E-state index is 0.0284. The fourth-order valence-corrected chi connectivity index (χ4v) is 2.06. The van der Waals surface area contributed by atoms with E-state index in [-0.39, 0.29) is 12.5 Å².